The molecule has 0 radical (unpaired) electrons. The van der Waals surface area contributed by atoms with Crippen molar-refractivity contribution in [1.82, 2.24) is 14.5 Å². The Hall–Kier alpha value is -1.52. The molecule has 66 valence electrons. The van der Waals surface area contributed by atoms with Crippen LogP contribution in [0.4, 0.5) is 0 Å². The van der Waals surface area contributed by atoms with Gasteiger partial charge in [-0.25, -0.2) is 4.79 Å². The number of aromatic nitrogens is 3. The molecule has 2 aromatic rings. The van der Waals surface area contributed by atoms with Gasteiger partial charge in [0, 0.05) is 7.05 Å². The topological polar surface area (TPSA) is 63.8 Å². The van der Waals surface area contributed by atoms with Gasteiger partial charge in [0.1, 0.15) is 0 Å². The highest BCUT2D eigenvalue weighted by atomic mass is 16.3. The molecule has 5 heteroatoms. The lowest BCUT2D eigenvalue weighted by molar-refractivity contribution is 0.569. The average Bonchev–Trinajstić information content (AvgIpc) is 2.62. The van der Waals surface area contributed by atoms with Crippen LogP contribution in [0.15, 0.2) is 15.6 Å². The van der Waals surface area contributed by atoms with E-state index in [9.17, 15) is 4.79 Å². The minimum absolute atomic E-state index is 0.207. The van der Waals surface area contributed by atoms with E-state index in [0.29, 0.717) is 11.4 Å². The van der Waals surface area contributed by atoms with Crippen LogP contribution in [0.2, 0.25) is 0 Å². The van der Waals surface area contributed by atoms with Crippen LogP contribution < -0.4 is 5.69 Å². The summed E-state index contributed by atoms with van der Waals surface area (Å²) in [7, 11) is 1.62. The van der Waals surface area contributed by atoms with Crippen LogP contribution in [0.1, 0.15) is 13.8 Å². The van der Waals surface area contributed by atoms with Gasteiger partial charge in [-0.1, -0.05) is 13.8 Å². The van der Waals surface area contributed by atoms with E-state index in [1.54, 1.807) is 7.05 Å². The molecule has 0 aliphatic carbocycles. The number of nitrogens with one attached hydrogen (secondary N) is 1. The molecule has 0 atom stereocenters. The molecule has 0 spiro atoms. The van der Waals surface area contributed by atoms with Crippen molar-refractivity contribution in [3.63, 3.8) is 0 Å². The Morgan fingerprint density at radius 1 is 1.58 bits per heavy atom. The third kappa shape index (κ3) is 1.13. The summed E-state index contributed by atoms with van der Waals surface area (Å²) in [4.78, 5) is 17.1. The predicted molar refractivity (Wildman–Crippen MR) is 44.9 cm³/mol. The Kier molecular flexibility index (Phi) is 2.32. The van der Waals surface area contributed by atoms with Crippen LogP contribution in [0.25, 0.3) is 11.4 Å². The van der Waals surface area contributed by atoms with Crippen molar-refractivity contribution in [2.24, 2.45) is 7.05 Å². The minimum atomic E-state index is -0.207. The third-order valence-corrected chi connectivity index (χ3v) is 1.38. The molecule has 0 saturated heterocycles. The van der Waals surface area contributed by atoms with Crippen LogP contribution in [-0.4, -0.2) is 14.5 Å². The molecule has 2 aromatic heterocycles. The maximum Gasteiger partial charge on any atom is 0.329 e. The molecule has 0 aromatic carbocycles. The first kappa shape index (κ1) is 8.58. The predicted octanol–water partition coefficient (Wildman–Crippen LogP) is 0.881. The van der Waals surface area contributed by atoms with E-state index in [4.69, 9.17) is 4.42 Å². The van der Waals surface area contributed by atoms with Gasteiger partial charge in [-0.2, -0.15) is 4.98 Å². The number of nitrogens with zero attached hydrogens (tertiary/aromatic N) is 2. The lowest BCUT2D eigenvalue weighted by Crippen LogP contribution is -2.11. The van der Waals surface area contributed by atoms with Crippen LogP contribution >= 0.6 is 0 Å². The first-order chi connectivity index (χ1) is 5.79. The monoisotopic (exact) mass is 169 g/mol. The van der Waals surface area contributed by atoms with E-state index in [-0.39, 0.29) is 5.69 Å². The minimum Gasteiger partial charge on any atom is -0.425 e. The third-order valence-electron chi connectivity index (χ3n) is 1.38. The quantitative estimate of drug-likeness (QED) is 0.636. The Morgan fingerprint density at radius 3 is 2.83 bits per heavy atom. The molecule has 2 rings (SSSR count). The Morgan fingerprint density at radius 2 is 2.25 bits per heavy atom. The number of rotatable bonds is 0. The van der Waals surface area contributed by atoms with Crippen molar-refractivity contribution in [3.8, 4) is 0 Å². The number of hydrogen-bond acceptors (Lipinski definition) is 3. The Balaban J connectivity index is 0.000000336. The van der Waals surface area contributed by atoms with Crippen molar-refractivity contribution < 1.29 is 4.42 Å². The van der Waals surface area contributed by atoms with Crippen LogP contribution in [-0.2, 0) is 7.05 Å². The molecule has 12 heavy (non-hydrogen) atoms. The maximum atomic E-state index is 10.8. The summed E-state index contributed by atoms with van der Waals surface area (Å²) in [5.74, 6) is 0. The molecule has 5 nitrogen and oxygen atoms in total. The molecular weight excluding hydrogens is 158 g/mol. The maximum absolute atomic E-state index is 10.8. The molecule has 0 fully saturated rings. The number of imidazole rings is 1. The number of hydrogen-bond donors (Lipinski definition) is 1. The fourth-order valence-electron chi connectivity index (χ4n) is 0.841. The lowest BCUT2D eigenvalue weighted by atomic mass is 10.8. The van der Waals surface area contributed by atoms with Gasteiger partial charge in [0.15, 0.2) is 12.0 Å². The summed E-state index contributed by atoms with van der Waals surface area (Å²) in [6.07, 6.45) is 1.29. The van der Waals surface area contributed by atoms with Gasteiger partial charge in [-0.15, -0.1) is 0 Å². The van der Waals surface area contributed by atoms with Crippen molar-refractivity contribution in [3.05, 3.63) is 16.9 Å². The zero-order valence-corrected chi connectivity index (χ0v) is 7.29. The summed E-state index contributed by atoms with van der Waals surface area (Å²) in [5, 5.41) is 0. The normalized spacial score (nSPS) is 9.58. The summed E-state index contributed by atoms with van der Waals surface area (Å²) < 4.78 is 6.25. The summed E-state index contributed by atoms with van der Waals surface area (Å²) in [5.41, 5.74) is 0.763. The molecule has 0 bridgehead atoms. The van der Waals surface area contributed by atoms with Crippen molar-refractivity contribution in [2.45, 2.75) is 13.8 Å². The van der Waals surface area contributed by atoms with E-state index in [1.807, 2.05) is 13.8 Å². The molecule has 0 aliphatic heterocycles. The lowest BCUT2D eigenvalue weighted by Gasteiger charge is -1.81. The van der Waals surface area contributed by atoms with Gasteiger partial charge in [0.25, 0.3) is 0 Å². The summed E-state index contributed by atoms with van der Waals surface area (Å²) in [6.45, 7) is 4.00. The van der Waals surface area contributed by atoms with Gasteiger partial charge in [-0.05, 0) is 0 Å². The molecule has 0 saturated carbocycles. The molecule has 0 amide bonds. The molecule has 0 unspecified atom stereocenters. The number of H-pyrrole nitrogens is 1. The van der Waals surface area contributed by atoms with Crippen molar-refractivity contribution in [1.29, 1.82) is 0 Å². The highest BCUT2D eigenvalue weighted by Gasteiger charge is 2.04. The van der Waals surface area contributed by atoms with Gasteiger partial charge in [0.05, 0.1) is 0 Å². The van der Waals surface area contributed by atoms with E-state index in [0.717, 1.165) is 0 Å². The van der Waals surface area contributed by atoms with Gasteiger partial charge >= 0.3 is 5.69 Å². The zero-order chi connectivity index (χ0) is 9.14. The van der Waals surface area contributed by atoms with E-state index < -0.39 is 0 Å². The molecule has 2 heterocycles. The first-order valence-corrected chi connectivity index (χ1v) is 3.77. The largest absolute Gasteiger partial charge is 0.425 e. The second-order valence-electron chi connectivity index (χ2n) is 2.00. The Bertz CT molecular complexity index is 409. The molecule has 1 N–H and O–H groups in total. The first-order valence-electron chi connectivity index (χ1n) is 3.77. The molecular formula is C7H11N3O2. The second kappa shape index (κ2) is 3.25. The Labute approximate surface area is 69.0 Å². The highest BCUT2D eigenvalue weighted by Crippen LogP contribution is 2.03. The van der Waals surface area contributed by atoms with Gasteiger partial charge in [-0.3, -0.25) is 9.55 Å². The summed E-state index contributed by atoms with van der Waals surface area (Å²) >= 11 is 0. The van der Waals surface area contributed by atoms with Crippen molar-refractivity contribution >= 4 is 11.4 Å². The van der Waals surface area contributed by atoms with E-state index >= 15 is 0 Å². The van der Waals surface area contributed by atoms with Gasteiger partial charge in [0.2, 0.25) is 5.71 Å². The van der Waals surface area contributed by atoms with Crippen molar-refractivity contribution in [2.75, 3.05) is 0 Å². The smallest absolute Gasteiger partial charge is 0.329 e. The van der Waals surface area contributed by atoms with Crippen LogP contribution in [0, 0.1) is 0 Å². The summed E-state index contributed by atoms with van der Waals surface area (Å²) in [6, 6.07) is 0. The number of fused-ring (bicyclic) bond motifs is 1. The van der Waals surface area contributed by atoms with E-state index in [2.05, 4.69) is 9.97 Å². The zero-order valence-electron chi connectivity index (χ0n) is 7.29. The fourth-order valence-corrected chi connectivity index (χ4v) is 0.841. The van der Waals surface area contributed by atoms with Gasteiger partial charge < -0.3 is 4.42 Å². The number of oxazole rings is 1. The van der Waals surface area contributed by atoms with Crippen LogP contribution in [0.5, 0.6) is 0 Å². The van der Waals surface area contributed by atoms with E-state index in [1.165, 1.54) is 11.0 Å². The highest BCUT2D eigenvalue weighted by molar-refractivity contribution is 5.62. The molecule has 0 aliphatic rings. The average molecular weight is 169 g/mol. The van der Waals surface area contributed by atoms with Crippen LogP contribution in [0.3, 0.4) is 0 Å². The fraction of sp³-hybridized carbons (Fsp3) is 0.429. The SMILES string of the molecule is CC.Cn1c(=O)[nH]c2ncoc21. The number of aromatic amines is 1. The second-order valence-corrected chi connectivity index (χ2v) is 2.00. The standard InChI is InChI=1S/C5H5N3O2.C2H6/c1-8-4-3(6-2-10-4)7-5(8)9;1-2/h2H,1H3,(H,7,9);1-2H3. The number of aryl methyl sites for hydroxylation is 1.